The average Bonchev–Trinajstić information content (AvgIpc) is 2.77. The van der Waals surface area contributed by atoms with Gasteiger partial charge in [-0.3, -0.25) is 9.97 Å². The van der Waals surface area contributed by atoms with Crippen LogP contribution in [0.1, 0.15) is 36.5 Å². The Morgan fingerprint density at radius 2 is 1.79 bits per heavy atom. The summed E-state index contributed by atoms with van der Waals surface area (Å²) in [5, 5.41) is 10.8. The summed E-state index contributed by atoms with van der Waals surface area (Å²) in [6.07, 6.45) is 7.15. The molecule has 0 unspecified atom stereocenters. The molecule has 0 atom stereocenters. The van der Waals surface area contributed by atoms with Crippen LogP contribution in [0, 0.1) is 11.3 Å². The fourth-order valence-corrected chi connectivity index (χ4v) is 3.44. The van der Waals surface area contributed by atoms with Gasteiger partial charge >= 0.3 is 0 Å². The molecule has 0 spiro atoms. The van der Waals surface area contributed by atoms with Gasteiger partial charge in [0.1, 0.15) is 0 Å². The van der Waals surface area contributed by atoms with Crippen LogP contribution in [0.5, 0.6) is 0 Å². The molecule has 2 aromatic carbocycles. The first-order chi connectivity index (χ1) is 14.2. The van der Waals surface area contributed by atoms with Gasteiger partial charge in [0, 0.05) is 29.5 Å². The normalized spacial score (nSPS) is 11.6. The number of fused-ring (bicyclic) bond motifs is 1. The van der Waals surface area contributed by atoms with Crippen LogP contribution in [-0.2, 0) is 0 Å². The van der Waals surface area contributed by atoms with Gasteiger partial charge in [-0.05, 0) is 70.6 Å². The van der Waals surface area contributed by atoms with Crippen molar-refractivity contribution in [2.24, 2.45) is 0 Å². The highest BCUT2D eigenvalue weighted by atomic mass is 14.6. The summed E-state index contributed by atoms with van der Waals surface area (Å²) in [6.45, 7) is 4.41. The van der Waals surface area contributed by atoms with Crippen molar-refractivity contribution in [2.45, 2.75) is 19.8 Å². The molecule has 0 saturated heterocycles. The Morgan fingerprint density at radius 1 is 0.966 bits per heavy atom. The smallest absolute Gasteiger partial charge is 0.0998 e. The number of pyridine rings is 2. The van der Waals surface area contributed by atoms with Crippen LogP contribution < -0.4 is 0 Å². The summed E-state index contributed by atoms with van der Waals surface area (Å²) >= 11 is 0. The molecule has 0 saturated carbocycles. The fraction of sp³-hybridized carbons (Fsp3) is 0.115. The molecule has 0 aliphatic heterocycles. The molecule has 0 bridgehead atoms. The van der Waals surface area contributed by atoms with Crippen molar-refractivity contribution in [3.05, 3.63) is 95.9 Å². The molecular formula is C26H21N3. The highest BCUT2D eigenvalue weighted by molar-refractivity contribution is 5.95. The van der Waals surface area contributed by atoms with Gasteiger partial charge in [0.2, 0.25) is 0 Å². The summed E-state index contributed by atoms with van der Waals surface area (Å²) in [4.78, 5) is 8.67. The van der Waals surface area contributed by atoms with Gasteiger partial charge in [0.25, 0.3) is 0 Å². The monoisotopic (exact) mass is 375 g/mol. The van der Waals surface area contributed by atoms with E-state index < -0.39 is 0 Å². The predicted octanol–water partition coefficient (Wildman–Crippen LogP) is 6.48. The van der Waals surface area contributed by atoms with E-state index in [-0.39, 0.29) is 0 Å². The molecule has 0 N–H and O–H groups in total. The van der Waals surface area contributed by atoms with Gasteiger partial charge in [-0.2, -0.15) is 5.26 Å². The van der Waals surface area contributed by atoms with Crippen molar-refractivity contribution in [3.63, 3.8) is 0 Å². The van der Waals surface area contributed by atoms with E-state index in [0.29, 0.717) is 11.5 Å². The maximum atomic E-state index is 9.62. The first-order valence-electron chi connectivity index (χ1n) is 9.67. The van der Waals surface area contributed by atoms with Crippen molar-refractivity contribution >= 4 is 22.6 Å². The zero-order valence-electron chi connectivity index (χ0n) is 16.5. The second kappa shape index (κ2) is 8.08. The molecule has 2 heterocycles. The third kappa shape index (κ3) is 3.93. The molecule has 140 valence electrons. The van der Waals surface area contributed by atoms with Gasteiger partial charge in [0.15, 0.2) is 0 Å². The number of hydrogen-bond acceptors (Lipinski definition) is 3. The lowest BCUT2D eigenvalue weighted by molar-refractivity contribution is 0.869. The quantitative estimate of drug-likeness (QED) is 0.383. The topological polar surface area (TPSA) is 49.6 Å². The van der Waals surface area contributed by atoms with E-state index in [1.165, 1.54) is 5.56 Å². The van der Waals surface area contributed by atoms with Crippen molar-refractivity contribution < 1.29 is 0 Å². The molecule has 0 amide bonds. The highest BCUT2D eigenvalue weighted by Crippen LogP contribution is 2.32. The first kappa shape index (κ1) is 18.6. The standard InChI is InChI=1S/C26H21N3/c1-18(2)23-15-22-7-4-10-29-26(22)25(16-23)21-6-3-5-19(13-21)14-24(17-27)20-8-11-28-12-9-20/h3-16,18H,1-2H3/b24-14+. The molecule has 4 aromatic rings. The van der Waals surface area contributed by atoms with Crippen molar-refractivity contribution in [1.82, 2.24) is 9.97 Å². The van der Waals surface area contributed by atoms with Gasteiger partial charge in [0.05, 0.1) is 17.2 Å². The number of allylic oxidation sites excluding steroid dienone is 1. The Morgan fingerprint density at radius 3 is 2.55 bits per heavy atom. The molecule has 29 heavy (non-hydrogen) atoms. The number of nitrogens with zero attached hydrogens (tertiary/aromatic N) is 3. The van der Waals surface area contributed by atoms with Gasteiger partial charge in [-0.1, -0.05) is 38.1 Å². The van der Waals surface area contributed by atoms with Crippen molar-refractivity contribution in [1.29, 1.82) is 5.26 Å². The third-order valence-corrected chi connectivity index (χ3v) is 5.01. The lowest BCUT2D eigenvalue weighted by Crippen LogP contribution is -1.92. The minimum Gasteiger partial charge on any atom is -0.265 e. The average molecular weight is 375 g/mol. The maximum absolute atomic E-state index is 9.62. The largest absolute Gasteiger partial charge is 0.265 e. The Hall–Kier alpha value is -3.77. The zero-order valence-corrected chi connectivity index (χ0v) is 16.5. The molecule has 4 rings (SSSR count). The van der Waals surface area contributed by atoms with E-state index in [1.54, 1.807) is 12.4 Å². The van der Waals surface area contributed by atoms with Crippen LogP contribution in [0.4, 0.5) is 0 Å². The lowest BCUT2D eigenvalue weighted by atomic mass is 9.93. The minimum atomic E-state index is 0.429. The molecule has 0 radical (unpaired) electrons. The zero-order chi connectivity index (χ0) is 20.2. The number of hydrogen-bond donors (Lipinski definition) is 0. The van der Waals surface area contributed by atoms with E-state index in [9.17, 15) is 5.26 Å². The summed E-state index contributed by atoms with van der Waals surface area (Å²) < 4.78 is 0. The molecule has 0 fully saturated rings. The van der Waals surface area contributed by atoms with Crippen LogP contribution in [-0.4, -0.2) is 9.97 Å². The Bertz CT molecular complexity index is 1230. The van der Waals surface area contributed by atoms with E-state index in [4.69, 9.17) is 0 Å². The van der Waals surface area contributed by atoms with E-state index in [2.05, 4.69) is 60.2 Å². The van der Waals surface area contributed by atoms with Gasteiger partial charge < -0.3 is 0 Å². The molecule has 0 aliphatic carbocycles. The number of aromatic nitrogens is 2. The summed E-state index contributed by atoms with van der Waals surface area (Å²) in [5.74, 6) is 0.429. The summed E-state index contributed by atoms with van der Waals surface area (Å²) in [5.41, 5.74) is 6.95. The van der Waals surface area contributed by atoms with Crippen LogP contribution in [0.2, 0.25) is 0 Å². The van der Waals surface area contributed by atoms with E-state index in [0.717, 1.165) is 33.2 Å². The second-order valence-corrected chi connectivity index (χ2v) is 7.33. The van der Waals surface area contributed by atoms with Crippen molar-refractivity contribution in [2.75, 3.05) is 0 Å². The number of rotatable bonds is 4. The van der Waals surface area contributed by atoms with Gasteiger partial charge in [-0.15, -0.1) is 0 Å². The van der Waals surface area contributed by atoms with Crippen LogP contribution in [0.25, 0.3) is 33.7 Å². The predicted molar refractivity (Wildman–Crippen MR) is 119 cm³/mol. The molecule has 0 aliphatic rings. The van der Waals surface area contributed by atoms with E-state index >= 15 is 0 Å². The maximum Gasteiger partial charge on any atom is 0.0998 e. The highest BCUT2D eigenvalue weighted by Gasteiger charge is 2.10. The molecule has 2 aromatic heterocycles. The minimum absolute atomic E-state index is 0.429. The molecule has 3 nitrogen and oxygen atoms in total. The third-order valence-electron chi connectivity index (χ3n) is 5.01. The van der Waals surface area contributed by atoms with Crippen LogP contribution in [0.3, 0.4) is 0 Å². The first-order valence-corrected chi connectivity index (χ1v) is 9.67. The molecule has 3 heteroatoms. The number of benzene rings is 2. The Kier molecular flexibility index (Phi) is 5.18. The van der Waals surface area contributed by atoms with Crippen molar-refractivity contribution in [3.8, 4) is 17.2 Å². The van der Waals surface area contributed by atoms with Gasteiger partial charge in [-0.25, -0.2) is 0 Å². The lowest BCUT2D eigenvalue weighted by Gasteiger charge is -2.13. The SMILES string of the molecule is CC(C)c1cc(-c2cccc(/C=C(\C#N)c3ccncc3)c2)c2ncccc2c1. The Balaban J connectivity index is 1.84. The summed E-state index contributed by atoms with van der Waals surface area (Å²) in [7, 11) is 0. The molecular weight excluding hydrogens is 354 g/mol. The number of nitriles is 1. The van der Waals surface area contributed by atoms with Crippen LogP contribution in [0.15, 0.2) is 79.3 Å². The Labute approximate surface area is 171 Å². The van der Waals surface area contributed by atoms with Crippen LogP contribution >= 0.6 is 0 Å². The van der Waals surface area contributed by atoms with E-state index in [1.807, 2.05) is 42.6 Å². The summed E-state index contributed by atoms with van der Waals surface area (Å²) in [6, 6.07) is 22.8. The second-order valence-electron chi connectivity index (χ2n) is 7.33. The fourth-order valence-electron chi connectivity index (χ4n) is 3.44.